The summed E-state index contributed by atoms with van der Waals surface area (Å²) in [4.78, 5) is 24.3. The molecule has 6 heteroatoms. The number of anilines is 1. The van der Waals surface area contributed by atoms with E-state index >= 15 is 0 Å². The first kappa shape index (κ1) is 12.6. The predicted octanol–water partition coefficient (Wildman–Crippen LogP) is 0.0463. The largest absolute Gasteiger partial charge is 0.370 e. The lowest BCUT2D eigenvalue weighted by Gasteiger charge is -2.37. The molecule has 1 saturated heterocycles. The van der Waals surface area contributed by atoms with E-state index in [1.165, 1.54) is 0 Å². The summed E-state index contributed by atoms with van der Waals surface area (Å²) in [6, 6.07) is 0.167. The van der Waals surface area contributed by atoms with Gasteiger partial charge in [-0.3, -0.25) is 9.69 Å². The Labute approximate surface area is 112 Å². The minimum Gasteiger partial charge on any atom is -0.370 e. The molecule has 0 amide bonds. The number of likely N-dealkylation sites (N-methyl/N-ethyl adjacent to an activating group) is 2. The highest BCUT2D eigenvalue weighted by atomic mass is 16.1. The van der Waals surface area contributed by atoms with Crippen LogP contribution in [0.2, 0.25) is 0 Å². The molecule has 0 bridgehead atoms. The molecular weight excluding hydrogens is 242 g/mol. The number of aromatic nitrogens is 2. The number of hydrogen-bond acceptors (Lipinski definition) is 5. The van der Waals surface area contributed by atoms with E-state index in [1.807, 2.05) is 0 Å². The van der Waals surface area contributed by atoms with E-state index in [9.17, 15) is 4.79 Å². The van der Waals surface area contributed by atoms with Crippen molar-refractivity contribution < 1.29 is 0 Å². The third-order valence-corrected chi connectivity index (χ3v) is 4.10. The Morgan fingerprint density at radius 2 is 2.16 bits per heavy atom. The van der Waals surface area contributed by atoms with Crippen LogP contribution >= 0.6 is 0 Å². The molecule has 1 atom stereocenters. The van der Waals surface area contributed by atoms with Crippen LogP contribution in [-0.4, -0.2) is 60.0 Å². The molecule has 1 aromatic rings. The maximum atomic E-state index is 12.1. The monoisotopic (exact) mass is 263 g/mol. The van der Waals surface area contributed by atoms with Crippen molar-refractivity contribution in [3.05, 3.63) is 21.7 Å². The molecule has 1 aromatic heterocycles. The van der Waals surface area contributed by atoms with Crippen LogP contribution in [0, 0.1) is 0 Å². The third kappa shape index (κ3) is 2.37. The van der Waals surface area contributed by atoms with Crippen LogP contribution in [0.3, 0.4) is 0 Å². The predicted molar refractivity (Wildman–Crippen MR) is 74.5 cm³/mol. The van der Waals surface area contributed by atoms with Gasteiger partial charge in [0, 0.05) is 26.2 Å². The van der Waals surface area contributed by atoms with E-state index in [4.69, 9.17) is 0 Å². The Balaban J connectivity index is 1.96. The van der Waals surface area contributed by atoms with Crippen LogP contribution in [0.25, 0.3) is 0 Å². The standard InChI is InChI=1S/C13H21N5O/c1-17-6-7-18(2)10(8-17)12-15-11-9(13(19)16-12)4-3-5-14-11/h10H,3-8H2,1-2H3,(H2,14,15,16,19). The fourth-order valence-electron chi connectivity index (χ4n) is 2.83. The minimum absolute atomic E-state index is 0.0221. The van der Waals surface area contributed by atoms with E-state index in [0.29, 0.717) is 0 Å². The van der Waals surface area contributed by atoms with Gasteiger partial charge in [-0.1, -0.05) is 0 Å². The number of aromatic amines is 1. The maximum Gasteiger partial charge on any atom is 0.256 e. The number of nitrogens with zero attached hydrogens (tertiary/aromatic N) is 3. The summed E-state index contributed by atoms with van der Waals surface area (Å²) in [5, 5.41) is 3.25. The molecule has 0 spiro atoms. The average Bonchev–Trinajstić information content (AvgIpc) is 2.41. The van der Waals surface area contributed by atoms with Gasteiger partial charge in [-0.05, 0) is 26.9 Å². The number of fused-ring (bicyclic) bond motifs is 1. The molecule has 104 valence electrons. The summed E-state index contributed by atoms with van der Waals surface area (Å²) >= 11 is 0. The fraction of sp³-hybridized carbons (Fsp3) is 0.692. The van der Waals surface area contributed by atoms with E-state index in [2.05, 4.69) is 39.2 Å². The second kappa shape index (κ2) is 4.94. The molecule has 19 heavy (non-hydrogen) atoms. The Morgan fingerprint density at radius 1 is 1.32 bits per heavy atom. The molecule has 1 unspecified atom stereocenters. The van der Waals surface area contributed by atoms with Crippen LogP contribution in [0.15, 0.2) is 4.79 Å². The van der Waals surface area contributed by atoms with Crippen molar-refractivity contribution in [1.29, 1.82) is 0 Å². The Hall–Kier alpha value is -1.40. The molecule has 0 radical (unpaired) electrons. The summed E-state index contributed by atoms with van der Waals surface area (Å²) in [7, 11) is 4.19. The lowest BCUT2D eigenvalue weighted by Crippen LogP contribution is -2.46. The van der Waals surface area contributed by atoms with Gasteiger partial charge >= 0.3 is 0 Å². The highest BCUT2D eigenvalue weighted by Crippen LogP contribution is 2.22. The van der Waals surface area contributed by atoms with Gasteiger partial charge in [0.1, 0.15) is 11.6 Å². The third-order valence-electron chi connectivity index (χ3n) is 4.10. The molecule has 2 N–H and O–H groups in total. The highest BCUT2D eigenvalue weighted by molar-refractivity contribution is 5.45. The molecule has 1 fully saturated rings. The number of rotatable bonds is 1. The topological polar surface area (TPSA) is 64.3 Å². The van der Waals surface area contributed by atoms with Gasteiger partial charge in [-0.25, -0.2) is 4.98 Å². The molecule has 2 aliphatic heterocycles. The zero-order valence-corrected chi connectivity index (χ0v) is 11.6. The number of nitrogens with one attached hydrogen (secondary N) is 2. The van der Waals surface area contributed by atoms with Crippen molar-refractivity contribution in [2.45, 2.75) is 18.9 Å². The molecule has 6 nitrogen and oxygen atoms in total. The van der Waals surface area contributed by atoms with Crippen molar-refractivity contribution in [3.63, 3.8) is 0 Å². The van der Waals surface area contributed by atoms with Gasteiger partial charge in [0.25, 0.3) is 5.56 Å². The Morgan fingerprint density at radius 3 is 3.00 bits per heavy atom. The van der Waals surface area contributed by atoms with Crippen molar-refractivity contribution in [3.8, 4) is 0 Å². The lowest BCUT2D eigenvalue weighted by molar-refractivity contribution is 0.109. The van der Waals surface area contributed by atoms with E-state index in [1.54, 1.807) is 0 Å². The Bertz CT molecular complexity index is 526. The van der Waals surface area contributed by atoms with Gasteiger partial charge in [-0.15, -0.1) is 0 Å². The summed E-state index contributed by atoms with van der Waals surface area (Å²) in [5.41, 5.74) is 0.829. The van der Waals surface area contributed by atoms with Crippen LogP contribution in [0.5, 0.6) is 0 Å². The number of hydrogen-bond donors (Lipinski definition) is 2. The molecule has 0 aromatic carbocycles. The molecule has 3 heterocycles. The second-order valence-electron chi connectivity index (χ2n) is 5.57. The van der Waals surface area contributed by atoms with Gasteiger partial charge in [0.2, 0.25) is 0 Å². The van der Waals surface area contributed by atoms with Crippen molar-refractivity contribution in [1.82, 2.24) is 19.8 Å². The van der Waals surface area contributed by atoms with Crippen LogP contribution in [0.1, 0.15) is 23.9 Å². The smallest absolute Gasteiger partial charge is 0.256 e. The first-order valence-electron chi connectivity index (χ1n) is 6.91. The average molecular weight is 263 g/mol. The highest BCUT2D eigenvalue weighted by Gasteiger charge is 2.27. The SMILES string of the molecule is CN1CCN(C)C(c2nc3c(c(=O)[nH]2)CCCN3)C1. The second-order valence-corrected chi connectivity index (χ2v) is 5.57. The summed E-state index contributed by atoms with van der Waals surface area (Å²) in [5.74, 6) is 1.57. The molecule has 0 saturated carbocycles. The minimum atomic E-state index is 0.0221. The van der Waals surface area contributed by atoms with E-state index in [0.717, 1.165) is 56.2 Å². The van der Waals surface area contributed by atoms with Crippen molar-refractivity contribution in [2.24, 2.45) is 0 Å². The van der Waals surface area contributed by atoms with Gasteiger partial charge in [-0.2, -0.15) is 0 Å². The quantitative estimate of drug-likeness (QED) is 0.749. The Kier molecular flexibility index (Phi) is 3.28. The van der Waals surface area contributed by atoms with Crippen molar-refractivity contribution in [2.75, 3.05) is 45.6 Å². The number of piperazine rings is 1. The fourth-order valence-corrected chi connectivity index (χ4v) is 2.83. The van der Waals surface area contributed by atoms with Gasteiger partial charge in [0.05, 0.1) is 11.6 Å². The van der Waals surface area contributed by atoms with Crippen LogP contribution < -0.4 is 10.9 Å². The maximum absolute atomic E-state index is 12.1. The molecule has 0 aliphatic carbocycles. The van der Waals surface area contributed by atoms with Crippen molar-refractivity contribution >= 4 is 5.82 Å². The van der Waals surface area contributed by atoms with E-state index in [-0.39, 0.29) is 11.6 Å². The first-order valence-corrected chi connectivity index (χ1v) is 6.91. The zero-order valence-electron chi connectivity index (χ0n) is 11.6. The van der Waals surface area contributed by atoms with Crippen LogP contribution in [0.4, 0.5) is 5.82 Å². The van der Waals surface area contributed by atoms with Crippen LogP contribution in [-0.2, 0) is 6.42 Å². The molecular formula is C13H21N5O. The first-order chi connectivity index (χ1) is 9.15. The van der Waals surface area contributed by atoms with Gasteiger partial charge in [0.15, 0.2) is 0 Å². The summed E-state index contributed by atoms with van der Waals surface area (Å²) < 4.78 is 0. The number of H-pyrrole nitrogens is 1. The molecule has 3 rings (SSSR count). The van der Waals surface area contributed by atoms with E-state index < -0.39 is 0 Å². The summed E-state index contributed by atoms with van der Waals surface area (Å²) in [6.07, 6.45) is 1.83. The zero-order chi connectivity index (χ0) is 13.4. The lowest BCUT2D eigenvalue weighted by atomic mass is 10.1. The van der Waals surface area contributed by atoms with Gasteiger partial charge < -0.3 is 15.2 Å². The normalized spacial score (nSPS) is 24.8. The molecule has 2 aliphatic rings. The summed E-state index contributed by atoms with van der Waals surface area (Å²) in [6.45, 7) is 3.86.